The van der Waals surface area contributed by atoms with Gasteiger partial charge in [0.05, 0.1) is 6.61 Å². The van der Waals surface area contributed by atoms with Crippen molar-refractivity contribution in [3.8, 4) is 0 Å². The van der Waals surface area contributed by atoms with E-state index in [4.69, 9.17) is 4.74 Å². The number of ether oxygens (including phenoxy) is 1. The maximum atomic E-state index is 13.8. The van der Waals surface area contributed by atoms with Gasteiger partial charge in [-0.15, -0.1) is 0 Å². The number of hydrogen-bond acceptors (Lipinski definition) is 2. The highest BCUT2D eigenvalue weighted by atomic mass is 19.1. The molecule has 3 heteroatoms. The molecule has 2 saturated heterocycles. The van der Waals surface area contributed by atoms with E-state index in [9.17, 15) is 4.39 Å². The van der Waals surface area contributed by atoms with Crippen LogP contribution in [0, 0.1) is 0 Å². The Hall–Kier alpha value is -0.150. The first-order valence-corrected chi connectivity index (χ1v) is 5.01. The van der Waals surface area contributed by atoms with Gasteiger partial charge in [-0.05, 0) is 26.3 Å². The van der Waals surface area contributed by atoms with Gasteiger partial charge in [-0.25, -0.2) is 4.39 Å². The van der Waals surface area contributed by atoms with Crippen molar-refractivity contribution in [3.63, 3.8) is 0 Å². The maximum absolute atomic E-state index is 13.8. The van der Waals surface area contributed by atoms with Crippen LogP contribution in [0.4, 0.5) is 4.39 Å². The van der Waals surface area contributed by atoms with E-state index in [1.807, 2.05) is 0 Å². The Morgan fingerprint density at radius 2 is 2.31 bits per heavy atom. The molecule has 2 aliphatic rings. The Balaban J connectivity index is 2.15. The average Bonchev–Trinajstić information content (AvgIpc) is 2.40. The highest BCUT2D eigenvalue weighted by molar-refractivity contribution is 5.08. The molecule has 2 nitrogen and oxygen atoms in total. The molecule has 2 aliphatic heterocycles. The first-order valence-electron chi connectivity index (χ1n) is 5.01. The maximum Gasteiger partial charge on any atom is 0.122 e. The molecule has 0 N–H and O–H groups in total. The fourth-order valence-electron chi connectivity index (χ4n) is 3.06. The molecule has 0 aromatic heterocycles. The normalized spacial score (nSPS) is 45.5. The fourth-order valence-corrected chi connectivity index (χ4v) is 3.06. The highest BCUT2D eigenvalue weighted by Gasteiger charge is 2.53. The number of alkyl halides is 1. The van der Waals surface area contributed by atoms with E-state index in [0.29, 0.717) is 19.6 Å². The van der Waals surface area contributed by atoms with Crippen LogP contribution in [-0.4, -0.2) is 42.9 Å². The molecule has 2 atom stereocenters. The lowest BCUT2D eigenvalue weighted by Gasteiger charge is -2.30. The van der Waals surface area contributed by atoms with Crippen LogP contribution >= 0.6 is 0 Å². The molecule has 2 rings (SSSR count). The minimum Gasteiger partial charge on any atom is -0.383 e. The Labute approximate surface area is 79.1 Å². The summed E-state index contributed by atoms with van der Waals surface area (Å²) in [5.41, 5.74) is -0.975. The molecule has 2 fully saturated rings. The Kier molecular flexibility index (Phi) is 2.11. The summed E-state index contributed by atoms with van der Waals surface area (Å²) >= 11 is 0. The minimum atomic E-state index is -1.00. The number of halogens is 1. The third-order valence-corrected chi connectivity index (χ3v) is 3.37. The van der Waals surface area contributed by atoms with Crippen molar-refractivity contribution < 1.29 is 9.13 Å². The molecular weight excluding hydrogens is 169 g/mol. The second-order valence-electron chi connectivity index (χ2n) is 4.77. The lowest BCUT2D eigenvalue weighted by molar-refractivity contribution is 0.0644. The van der Waals surface area contributed by atoms with Crippen molar-refractivity contribution in [1.29, 1.82) is 0 Å². The van der Waals surface area contributed by atoms with Gasteiger partial charge in [0.15, 0.2) is 0 Å². The Morgan fingerprint density at radius 1 is 1.54 bits per heavy atom. The third kappa shape index (κ3) is 1.48. The van der Waals surface area contributed by atoms with Crippen LogP contribution < -0.4 is 0 Å². The summed E-state index contributed by atoms with van der Waals surface area (Å²) in [6.07, 6.45) is 2.94. The zero-order valence-electron chi connectivity index (χ0n) is 8.48. The number of nitrogens with zero attached hydrogens (tertiary/aromatic N) is 1. The van der Waals surface area contributed by atoms with Gasteiger partial charge in [0.1, 0.15) is 5.67 Å². The van der Waals surface area contributed by atoms with Gasteiger partial charge < -0.3 is 4.74 Å². The first kappa shape index (κ1) is 9.41. The molecule has 0 saturated carbocycles. The molecule has 0 radical (unpaired) electrons. The SMILES string of the molecule is COC[C@@]12CCCN1CC(C)(F)C2. The van der Waals surface area contributed by atoms with Gasteiger partial charge in [0.25, 0.3) is 0 Å². The summed E-state index contributed by atoms with van der Waals surface area (Å²) in [4.78, 5) is 2.27. The number of methoxy groups -OCH3 is 1. The highest BCUT2D eigenvalue weighted by Crippen LogP contribution is 2.44. The predicted octanol–water partition coefficient (Wildman–Crippen LogP) is 1.60. The first-order chi connectivity index (χ1) is 6.08. The monoisotopic (exact) mass is 187 g/mol. The lowest BCUT2D eigenvalue weighted by atomic mass is 9.90. The number of fused-ring (bicyclic) bond motifs is 1. The molecule has 0 bridgehead atoms. The summed E-state index contributed by atoms with van der Waals surface area (Å²) < 4.78 is 19.0. The van der Waals surface area contributed by atoms with Gasteiger partial charge in [-0.1, -0.05) is 0 Å². The molecule has 0 aromatic rings. The molecule has 2 heterocycles. The largest absolute Gasteiger partial charge is 0.383 e. The van der Waals surface area contributed by atoms with Crippen molar-refractivity contribution >= 4 is 0 Å². The molecule has 0 amide bonds. The van der Waals surface area contributed by atoms with E-state index in [-0.39, 0.29) is 5.54 Å². The zero-order chi connectivity index (χ0) is 9.53. The van der Waals surface area contributed by atoms with E-state index in [0.717, 1.165) is 13.0 Å². The summed E-state index contributed by atoms with van der Waals surface area (Å²) in [5, 5.41) is 0. The minimum absolute atomic E-state index is 0.0260. The molecule has 13 heavy (non-hydrogen) atoms. The van der Waals surface area contributed by atoms with E-state index in [2.05, 4.69) is 4.90 Å². The quantitative estimate of drug-likeness (QED) is 0.651. The summed E-state index contributed by atoms with van der Waals surface area (Å²) in [6, 6.07) is 0. The topological polar surface area (TPSA) is 12.5 Å². The summed E-state index contributed by atoms with van der Waals surface area (Å²) in [7, 11) is 1.71. The summed E-state index contributed by atoms with van der Waals surface area (Å²) in [6.45, 7) is 4.04. The zero-order valence-corrected chi connectivity index (χ0v) is 8.48. The molecule has 0 spiro atoms. The fraction of sp³-hybridized carbons (Fsp3) is 1.00. The summed E-state index contributed by atoms with van der Waals surface area (Å²) in [5.74, 6) is 0. The van der Waals surface area contributed by atoms with Gasteiger partial charge >= 0.3 is 0 Å². The molecule has 0 aromatic carbocycles. The second kappa shape index (κ2) is 2.92. The van der Waals surface area contributed by atoms with Crippen LogP contribution in [-0.2, 0) is 4.74 Å². The van der Waals surface area contributed by atoms with Crippen LogP contribution in [0.3, 0.4) is 0 Å². The van der Waals surface area contributed by atoms with E-state index < -0.39 is 5.67 Å². The van der Waals surface area contributed by atoms with Gasteiger partial charge in [0.2, 0.25) is 0 Å². The van der Waals surface area contributed by atoms with Crippen molar-refractivity contribution in [1.82, 2.24) is 4.90 Å². The predicted molar refractivity (Wildman–Crippen MR) is 49.5 cm³/mol. The standard InChI is InChI=1S/C10H18FNO/c1-9(11)6-10(8-13-2)4-3-5-12(10)7-9/h3-8H2,1-2H3/t9?,10-/m0/s1. The number of hydrogen-bond donors (Lipinski definition) is 0. The molecule has 76 valence electrons. The van der Waals surface area contributed by atoms with Crippen LogP contribution in [0.25, 0.3) is 0 Å². The van der Waals surface area contributed by atoms with Crippen LogP contribution in [0.1, 0.15) is 26.2 Å². The van der Waals surface area contributed by atoms with Crippen LogP contribution in [0.15, 0.2) is 0 Å². The van der Waals surface area contributed by atoms with Crippen LogP contribution in [0.2, 0.25) is 0 Å². The van der Waals surface area contributed by atoms with Crippen molar-refractivity contribution in [2.45, 2.75) is 37.4 Å². The smallest absolute Gasteiger partial charge is 0.122 e. The lowest BCUT2D eigenvalue weighted by Crippen LogP contribution is -2.42. The molecule has 1 unspecified atom stereocenters. The van der Waals surface area contributed by atoms with Crippen molar-refractivity contribution in [2.75, 3.05) is 26.8 Å². The molecule has 0 aliphatic carbocycles. The van der Waals surface area contributed by atoms with Crippen molar-refractivity contribution in [2.24, 2.45) is 0 Å². The van der Waals surface area contributed by atoms with E-state index >= 15 is 0 Å². The van der Waals surface area contributed by atoms with Crippen molar-refractivity contribution in [3.05, 3.63) is 0 Å². The van der Waals surface area contributed by atoms with Gasteiger partial charge in [0, 0.05) is 25.6 Å². The van der Waals surface area contributed by atoms with Gasteiger partial charge in [-0.3, -0.25) is 4.90 Å². The Morgan fingerprint density at radius 3 is 3.00 bits per heavy atom. The number of rotatable bonds is 2. The average molecular weight is 187 g/mol. The Bertz CT molecular complexity index is 207. The third-order valence-electron chi connectivity index (χ3n) is 3.37. The van der Waals surface area contributed by atoms with Crippen LogP contribution in [0.5, 0.6) is 0 Å². The van der Waals surface area contributed by atoms with Gasteiger partial charge in [-0.2, -0.15) is 0 Å². The molecular formula is C10H18FNO. The van der Waals surface area contributed by atoms with E-state index in [1.165, 1.54) is 6.42 Å². The van der Waals surface area contributed by atoms with E-state index in [1.54, 1.807) is 14.0 Å². The second-order valence-corrected chi connectivity index (χ2v) is 4.77.